The highest BCUT2D eigenvalue weighted by Crippen LogP contribution is 2.21. The lowest BCUT2D eigenvalue weighted by molar-refractivity contribution is 0.588. The predicted molar refractivity (Wildman–Crippen MR) is 79.6 cm³/mol. The lowest BCUT2D eigenvalue weighted by Crippen LogP contribution is -2.17. The Morgan fingerprint density at radius 1 is 1.29 bits per heavy atom. The second kappa shape index (κ2) is 8.27. The van der Waals surface area contributed by atoms with Crippen LogP contribution in [0.4, 0.5) is 0 Å². The average molecular weight is 367 g/mol. The minimum atomic E-state index is 0.887. The summed E-state index contributed by atoms with van der Waals surface area (Å²) in [6, 6.07) is 0. The molecule has 0 atom stereocenters. The van der Waals surface area contributed by atoms with Gasteiger partial charge in [-0.2, -0.15) is 5.10 Å². The molecule has 17 heavy (non-hydrogen) atoms. The van der Waals surface area contributed by atoms with E-state index < -0.39 is 0 Å². The fourth-order valence-corrected chi connectivity index (χ4v) is 2.89. The Morgan fingerprint density at radius 3 is 2.65 bits per heavy atom. The number of nitrogens with one attached hydrogen (secondary N) is 1. The lowest BCUT2D eigenvalue weighted by atomic mass is 10.2. The molecule has 1 aromatic heterocycles. The van der Waals surface area contributed by atoms with E-state index in [4.69, 9.17) is 0 Å². The number of alkyl halides is 1. The molecule has 0 aliphatic carbocycles. The van der Waals surface area contributed by atoms with Gasteiger partial charge in [0.05, 0.1) is 15.9 Å². The molecule has 0 radical (unpaired) electrons. The van der Waals surface area contributed by atoms with E-state index >= 15 is 0 Å². The van der Waals surface area contributed by atoms with Gasteiger partial charge < -0.3 is 5.32 Å². The fraction of sp³-hybridized carbons (Fsp3) is 0.750. The molecule has 5 heteroatoms. The minimum absolute atomic E-state index is 0.887. The van der Waals surface area contributed by atoms with Gasteiger partial charge in [0, 0.05) is 18.9 Å². The van der Waals surface area contributed by atoms with Crippen molar-refractivity contribution < 1.29 is 0 Å². The molecule has 0 aliphatic heterocycles. The summed E-state index contributed by atoms with van der Waals surface area (Å²) in [5.74, 6) is 0. The normalized spacial score (nSPS) is 11.1. The van der Waals surface area contributed by atoms with Crippen molar-refractivity contribution in [3.8, 4) is 0 Å². The smallest absolute Gasteiger partial charge is 0.0767 e. The molecule has 0 fully saturated rings. The van der Waals surface area contributed by atoms with Crippen LogP contribution in [0.5, 0.6) is 0 Å². The molecule has 0 bridgehead atoms. The number of hydrogen-bond acceptors (Lipinski definition) is 2. The van der Waals surface area contributed by atoms with Crippen LogP contribution in [-0.4, -0.2) is 21.7 Å². The quantitative estimate of drug-likeness (QED) is 0.564. The highest BCUT2D eigenvalue weighted by molar-refractivity contribution is 9.10. The molecule has 0 aromatic carbocycles. The van der Waals surface area contributed by atoms with Gasteiger partial charge in [-0.1, -0.05) is 29.3 Å². The molecule has 0 saturated carbocycles. The van der Waals surface area contributed by atoms with Crippen LogP contribution >= 0.6 is 31.9 Å². The number of hydrogen-bond donors (Lipinski definition) is 1. The van der Waals surface area contributed by atoms with Crippen LogP contribution in [-0.2, 0) is 20.0 Å². The van der Waals surface area contributed by atoms with Crippen LogP contribution in [0, 0.1) is 0 Å². The molecule has 0 spiro atoms. The first kappa shape index (κ1) is 15.2. The molecule has 0 unspecified atom stereocenters. The molecule has 1 aromatic rings. The third kappa shape index (κ3) is 4.72. The van der Waals surface area contributed by atoms with E-state index in [2.05, 4.69) is 49.2 Å². The van der Waals surface area contributed by atoms with Crippen LogP contribution < -0.4 is 5.32 Å². The van der Waals surface area contributed by atoms with E-state index in [1.54, 1.807) is 0 Å². The Labute approximate surface area is 121 Å². The Kier molecular flexibility index (Phi) is 7.39. The summed E-state index contributed by atoms with van der Waals surface area (Å²) >= 11 is 7.07. The second-order valence-corrected chi connectivity index (χ2v) is 5.70. The van der Waals surface area contributed by atoms with Crippen molar-refractivity contribution >= 4 is 31.9 Å². The molecular formula is C12H21Br2N3. The van der Waals surface area contributed by atoms with E-state index in [0.717, 1.165) is 35.0 Å². The number of aryl methyl sites for hydroxylation is 2. The van der Waals surface area contributed by atoms with Crippen molar-refractivity contribution in [3.63, 3.8) is 0 Å². The highest BCUT2D eigenvalue weighted by Gasteiger charge is 2.11. The van der Waals surface area contributed by atoms with E-state index in [9.17, 15) is 0 Å². The first-order valence-corrected chi connectivity index (χ1v) is 8.09. The minimum Gasteiger partial charge on any atom is -0.311 e. The van der Waals surface area contributed by atoms with E-state index in [-0.39, 0.29) is 0 Å². The van der Waals surface area contributed by atoms with E-state index in [1.165, 1.54) is 25.0 Å². The Balaban J connectivity index is 2.34. The first-order chi connectivity index (χ1) is 8.20. The summed E-state index contributed by atoms with van der Waals surface area (Å²) in [6.45, 7) is 4.09. The average Bonchev–Trinajstić information content (AvgIpc) is 2.60. The zero-order valence-electron chi connectivity index (χ0n) is 10.6. The number of aromatic nitrogens is 2. The standard InChI is InChI=1S/C12H21Br2N3/c1-3-10-12(14)11(17(2)16-10)9-15-8-6-4-5-7-13/h15H,3-9H2,1-2H3. The number of halogens is 2. The van der Waals surface area contributed by atoms with Crippen LogP contribution in [0.2, 0.25) is 0 Å². The summed E-state index contributed by atoms with van der Waals surface area (Å²) in [4.78, 5) is 0. The number of rotatable bonds is 8. The maximum Gasteiger partial charge on any atom is 0.0767 e. The summed E-state index contributed by atoms with van der Waals surface area (Å²) in [5, 5.41) is 9.07. The van der Waals surface area contributed by atoms with E-state index in [0.29, 0.717) is 0 Å². The summed E-state index contributed by atoms with van der Waals surface area (Å²) in [6.07, 6.45) is 4.75. The largest absolute Gasteiger partial charge is 0.311 e. The van der Waals surface area contributed by atoms with Crippen molar-refractivity contribution in [2.75, 3.05) is 11.9 Å². The molecule has 1 rings (SSSR count). The molecule has 1 heterocycles. The first-order valence-electron chi connectivity index (χ1n) is 6.17. The summed E-state index contributed by atoms with van der Waals surface area (Å²) in [7, 11) is 2.01. The Hall–Kier alpha value is 0.130. The molecule has 3 nitrogen and oxygen atoms in total. The van der Waals surface area contributed by atoms with Gasteiger partial charge in [-0.25, -0.2) is 0 Å². The maximum atomic E-state index is 4.48. The van der Waals surface area contributed by atoms with Gasteiger partial charge in [-0.15, -0.1) is 0 Å². The highest BCUT2D eigenvalue weighted by atomic mass is 79.9. The molecule has 0 amide bonds. The molecular weight excluding hydrogens is 346 g/mol. The topological polar surface area (TPSA) is 29.9 Å². The van der Waals surface area contributed by atoms with Gasteiger partial charge in [-0.3, -0.25) is 4.68 Å². The number of nitrogens with zero attached hydrogens (tertiary/aromatic N) is 2. The molecule has 98 valence electrons. The van der Waals surface area contributed by atoms with Crippen molar-refractivity contribution in [2.24, 2.45) is 7.05 Å². The van der Waals surface area contributed by atoms with E-state index in [1.807, 2.05) is 11.7 Å². The third-order valence-corrected chi connectivity index (χ3v) is 4.26. The van der Waals surface area contributed by atoms with Crippen molar-refractivity contribution in [1.82, 2.24) is 15.1 Å². The van der Waals surface area contributed by atoms with Gasteiger partial charge in [0.2, 0.25) is 0 Å². The van der Waals surface area contributed by atoms with Gasteiger partial charge in [0.15, 0.2) is 0 Å². The fourth-order valence-electron chi connectivity index (χ4n) is 1.74. The Bertz CT molecular complexity index is 337. The SMILES string of the molecule is CCc1nn(C)c(CNCCCCCBr)c1Br. The molecule has 0 saturated heterocycles. The van der Waals surface area contributed by atoms with Gasteiger partial charge in [-0.05, 0) is 41.7 Å². The van der Waals surface area contributed by atoms with Crippen LogP contribution in [0.25, 0.3) is 0 Å². The second-order valence-electron chi connectivity index (χ2n) is 4.11. The zero-order valence-corrected chi connectivity index (χ0v) is 13.8. The van der Waals surface area contributed by atoms with Crippen molar-refractivity contribution in [2.45, 2.75) is 39.2 Å². The zero-order chi connectivity index (χ0) is 12.7. The van der Waals surface area contributed by atoms with Crippen LogP contribution in [0.15, 0.2) is 4.47 Å². The lowest BCUT2D eigenvalue weighted by Gasteiger charge is -2.05. The van der Waals surface area contributed by atoms with Crippen molar-refractivity contribution in [1.29, 1.82) is 0 Å². The van der Waals surface area contributed by atoms with Gasteiger partial charge in [0.25, 0.3) is 0 Å². The Morgan fingerprint density at radius 2 is 2.06 bits per heavy atom. The third-order valence-electron chi connectivity index (χ3n) is 2.78. The van der Waals surface area contributed by atoms with Crippen LogP contribution in [0.3, 0.4) is 0 Å². The van der Waals surface area contributed by atoms with Crippen molar-refractivity contribution in [3.05, 3.63) is 15.9 Å². The van der Waals surface area contributed by atoms with Gasteiger partial charge in [0.1, 0.15) is 0 Å². The van der Waals surface area contributed by atoms with Crippen LogP contribution in [0.1, 0.15) is 37.6 Å². The monoisotopic (exact) mass is 365 g/mol. The molecule has 0 aliphatic rings. The molecule has 1 N–H and O–H groups in total. The van der Waals surface area contributed by atoms with Gasteiger partial charge >= 0.3 is 0 Å². The predicted octanol–water partition coefficient (Wildman–Crippen LogP) is 3.40. The maximum absolute atomic E-state index is 4.48. The summed E-state index contributed by atoms with van der Waals surface area (Å²) < 4.78 is 3.13. The number of unbranched alkanes of at least 4 members (excludes halogenated alkanes) is 2. The summed E-state index contributed by atoms with van der Waals surface area (Å²) in [5.41, 5.74) is 2.38.